The fourth-order valence-electron chi connectivity index (χ4n) is 1.14. The minimum atomic E-state index is 0.198. The van der Waals surface area contributed by atoms with E-state index in [4.69, 9.17) is 5.11 Å². The van der Waals surface area contributed by atoms with Crippen LogP contribution in [0.2, 0.25) is 0 Å². The molecular weight excluding hydrogens is 244 g/mol. The van der Waals surface area contributed by atoms with Gasteiger partial charge >= 0.3 is 0 Å². The van der Waals surface area contributed by atoms with Gasteiger partial charge in [-0.3, -0.25) is 0 Å². The van der Waals surface area contributed by atoms with Gasteiger partial charge in [0.1, 0.15) is 5.82 Å². The highest BCUT2D eigenvalue weighted by molar-refractivity contribution is 9.10. The van der Waals surface area contributed by atoms with E-state index in [2.05, 4.69) is 26.2 Å². The fourth-order valence-corrected chi connectivity index (χ4v) is 1.36. The van der Waals surface area contributed by atoms with Crippen LogP contribution >= 0.6 is 15.9 Å². The van der Waals surface area contributed by atoms with Crippen molar-refractivity contribution in [2.45, 2.75) is 26.3 Å². The molecule has 1 heterocycles. The molecule has 1 rings (SSSR count). The van der Waals surface area contributed by atoms with Gasteiger partial charge < -0.3 is 10.4 Å². The van der Waals surface area contributed by atoms with E-state index in [1.165, 1.54) is 0 Å². The predicted molar refractivity (Wildman–Crippen MR) is 61.5 cm³/mol. The Kier molecular flexibility index (Phi) is 4.35. The van der Waals surface area contributed by atoms with E-state index in [0.29, 0.717) is 0 Å². The smallest absolute Gasteiger partial charge is 0.126 e. The zero-order chi connectivity index (χ0) is 10.6. The zero-order valence-electron chi connectivity index (χ0n) is 8.42. The Balaban J connectivity index is 2.63. The van der Waals surface area contributed by atoms with Gasteiger partial charge in [0.05, 0.1) is 5.69 Å². The number of pyridine rings is 1. The van der Waals surface area contributed by atoms with Gasteiger partial charge in [-0.2, -0.15) is 0 Å². The number of anilines is 1. The molecule has 1 aromatic rings. The van der Waals surface area contributed by atoms with Gasteiger partial charge in [0.25, 0.3) is 0 Å². The molecule has 0 fully saturated rings. The van der Waals surface area contributed by atoms with E-state index in [1.807, 2.05) is 26.0 Å². The highest BCUT2D eigenvalue weighted by atomic mass is 79.9. The molecule has 2 N–H and O–H groups in total. The summed E-state index contributed by atoms with van der Waals surface area (Å²) in [6.07, 6.45) is 0.733. The lowest BCUT2D eigenvalue weighted by atomic mass is 10.2. The van der Waals surface area contributed by atoms with Crippen molar-refractivity contribution in [3.05, 3.63) is 22.3 Å². The number of aryl methyl sites for hydroxylation is 1. The summed E-state index contributed by atoms with van der Waals surface area (Å²) in [6, 6.07) is 4.13. The number of hydrogen-bond acceptors (Lipinski definition) is 3. The van der Waals surface area contributed by atoms with Crippen LogP contribution in [0.1, 0.15) is 19.0 Å². The normalized spacial score (nSPS) is 12.6. The topological polar surface area (TPSA) is 45.2 Å². The Morgan fingerprint density at radius 3 is 2.86 bits per heavy atom. The van der Waals surface area contributed by atoms with Crippen molar-refractivity contribution in [3.63, 3.8) is 0 Å². The molecule has 0 radical (unpaired) electrons. The maximum atomic E-state index is 8.75. The summed E-state index contributed by atoms with van der Waals surface area (Å²) < 4.78 is 1.01. The fraction of sp³-hybridized carbons (Fsp3) is 0.500. The average Bonchev–Trinajstić information content (AvgIpc) is 2.12. The van der Waals surface area contributed by atoms with Crippen LogP contribution in [0.5, 0.6) is 0 Å². The first kappa shape index (κ1) is 11.5. The summed E-state index contributed by atoms with van der Waals surface area (Å²) in [6.45, 7) is 4.17. The number of halogens is 1. The molecule has 0 bridgehead atoms. The molecule has 0 aliphatic carbocycles. The van der Waals surface area contributed by atoms with Crippen molar-refractivity contribution in [1.29, 1.82) is 0 Å². The van der Waals surface area contributed by atoms with Gasteiger partial charge in [-0.25, -0.2) is 4.98 Å². The van der Waals surface area contributed by atoms with Crippen LogP contribution in [0.3, 0.4) is 0 Å². The molecule has 0 saturated carbocycles. The lowest BCUT2D eigenvalue weighted by Gasteiger charge is -2.13. The number of hydrogen-bond donors (Lipinski definition) is 2. The second kappa shape index (κ2) is 5.32. The van der Waals surface area contributed by atoms with E-state index in [0.717, 1.165) is 22.4 Å². The van der Waals surface area contributed by atoms with E-state index >= 15 is 0 Å². The van der Waals surface area contributed by atoms with Crippen LogP contribution in [0.4, 0.5) is 5.82 Å². The van der Waals surface area contributed by atoms with Crippen LogP contribution in [0.25, 0.3) is 0 Å². The summed E-state index contributed by atoms with van der Waals surface area (Å²) in [5.41, 5.74) is 0.964. The van der Waals surface area contributed by atoms with E-state index in [9.17, 15) is 0 Å². The van der Waals surface area contributed by atoms with E-state index in [1.54, 1.807) is 0 Å². The third-order valence-electron chi connectivity index (χ3n) is 1.98. The summed E-state index contributed by atoms with van der Waals surface area (Å²) in [5.74, 6) is 0.853. The molecule has 0 aromatic carbocycles. The monoisotopic (exact) mass is 258 g/mol. The zero-order valence-corrected chi connectivity index (χ0v) is 10.0. The largest absolute Gasteiger partial charge is 0.396 e. The van der Waals surface area contributed by atoms with Crippen molar-refractivity contribution in [1.82, 2.24) is 4.98 Å². The Morgan fingerprint density at radius 2 is 2.29 bits per heavy atom. The van der Waals surface area contributed by atoms with Crippen molar-refractivity contribution in [2.24, 2.45) is 0 Å². The van der Waals surface area contributed by atoms with Crippen molar-refractivity contribution >= 4 is 21.7 Å². The summed E-state index contributed by atoms with van der Waals surface area (Å²) >= 11 is 3.40. The minimum absolute atomic E-state index is 0.198. The van der Waals surface area contributed by atoms with Crippen molar-refractivity contribution < 1.29 is 5.11 Å². The molecule has 0 unspecified atom stereocenters. The molecule has 1 atom stereocenters. The highest BCUT2D eigenvalue weighted by Gasteiger charge is 2.03. The SMILES string of the molecule is Cc1nc(N[C@@H](C)CCO)ccc1Br. The summed E-state index contributed by atoms with van der Waals surface area (Å²) in [7, 11) is 0. The molecule has 14 heavy (non-hydrogen) atoms. The highest BCUT2D eigenvalue weighted by Crippen LogP contribution is 2.16. The molecular formula is C10H15BrN2O. The van der Waals surface area contributed by atoms with Gasteiger partial charge in [0.15, 0.2) is 0 Å². The predicted octanol–water partition coefficient (Wildman–Crippen LogP) is 2.34. The molecule has 0 spiro atoms. The van der Waals surface area contributed by atoms with Gasteiger partial charge in [-0.1, -0.05) is 0 Å². The molecule has 0 amide bonds. The number of rotatable bonds is 4. The van der Waals surface area contributed by atoms with Crippen LogP contribution < -0.4 is 5.32 Å². The van der Waals surface area contributed by atoms with Crippen LogP contribution in [0, 0.1) is 6.92 Å². The van der Waals surface area contributed by atoms with Crippen LogP contribution in [-0.2, 0) is 0 Å². The first-order valence-corrected chi connectivity index (χ1v) is 5.43. The van der Waals surface area contributed by atoms with Gasteiger partial charge in [0, 0.05) is 17.1 Å². The molecule has 3 nitrogen and oxygen atoms in total. The average molecular weight is 259 g/mol. The second-order valence-corrected chi connectivity index (χ2v) is 4.18. The number of aromatic nitrogens is 1. The number of aliphatic hydroxyl groups excluding tert-OH is 1. The molecule has 1 aromatic heterocycles. The minimum Gasteiger partial charge on any atom is -0.396 e. The number of nitrogens with one attached hydrogen (secondary N) is 1. The lowest BCUT2D eigenvalue weighted by Crippen LogP contribution is -2.17. The maximum absolute atomic E-state index is 8.75. The Morgan fingerprint density at radius 1 is 1.57 bits per heavy atom. The van der Waals surface area contributed by atoms with Gasteiger partial charge in [0.2, 0.25) is 0 Å². The Hall–Kier alpha value is -0.610. The quantitative estimate of drug-likeness (QED) is 0.872. The Bertz CT molecular complexity index is 304. The first-order valence-electron chi connectivity index (χ1n) is 4.64. The molecule has 0 aliphatic heterocycles. The summed E-state index contributed by atoms with van der Waals surface area (Å²) in [4.78, 5) is 4.36. The van der Waals surface area contributed by atoms with Crippen LogP contribution in [-0.4, -0.2) is 22.7 Å². The van der Waals surface area contributed by atoms with Gasteiger partial charge in [-0.05, 0) is 48.3 Å². The standard InChI is InChI=1S/C10H15BrN2O/c1-7(5-6-14)12-10-4-3-9(11)8(2)13-10/h3-4,7,14H,5-6H2,1-2H3,(H,12,13)/t7-/m0/s1. The lowest BCUT2D eigenvalue weighted by molar-refractivity contribution is 0.282. The molecule has 0 aliphatic rings. The first-order chi connectivity index (χ1) is 6.63. The van der Waals surface area contributed by atoms with Gasteiger partial charge in [-0.15, -0.1) is 0 Å². The molecule has 78 valence electrons. The third kappa shape index (κ3) is 3.27. The van der Waals surface area contributed by atoms with E-state index < -0.39 is 0 Å². The number of nitrogens with zero attached hydrogens (tertiary/aromatic N) is 1. The van der Waals surface area contributed by atoms with Crippen molar-refractivity contribution in [2.75, 3.05) is 11.9 Å². The number of aliphatic hydroxyl groups is 1. The second-order valence-electron chi connectivity index (χ2n) is 3.32. The maximum Gasteiger partial charge on any atom is 0.126 e. The third-order valence-corrected chi connectivity index (χ3v) is 2.82. The Labute approximate surface area is 92.7 Å². The molecule has 0 saturated heterocycles. The molecule has 4 heteroatoms. The van der Waals surface area contributed by atoms with E-state index in [-0.39, 0.29) is 12.6 Å². The summed E-state index contributed by atoms with van der Waals surface area (Å²) in [5, 5.41) is 12.0. The van der Waals surface area contributed by atoms with Crippen molar-refractivity contribution in [3.8, 4) is 0 Å². The van der Waals surface area contributed by atoms with Crippen LogP contribution in [0.15, 0.2) is 16.6 Å².